The van der Waals surface area contributed by atoms with Crippen molar-refractivity contribution >= 4 is 11.9 Å². The molecule has 0 unspecified atom stereocenters. The zero-order valence-electron chi connectivity index (χ0n) is 9.83. The molecule has 0 saturated carbocycles. The van der Waals surface area contributed by atoms with Gasteiger partial charge in [0.2, 0.25) is 0 Å². The fourth-order valence-electron chi connectivity index (χ4n) is 1.39. The summed E-state index contributed by atoms with van der Waals surface area (Å²) in [6.45, 7) is 3.85. The van der Waals surface area contributed by atoms with E-state index in [1.54, 1.807) is 0 Å². The molecule has 1 aromatic heterocycles. The zero-order valence-corrected chi connectivity index (χ0v) is 9.83. The van der Waals surface area contributed by atoms with E-state index in [9.17, 15) is 9.59 Å². The van der Waals surface area contributed by atoms with Gasteiger partial charge in [-0.2, -0.15) is 0 Å². The van der Waals surface area contributed by atoms with E-state index in [-0.39, 0.29) is 24.9 Å². The quantitative estimate of drug-likeness (QED) is 0.819. The molecule has 0 atom stereocenters. The van der Waals surface area contributed by atoms with Gasteiger partial charge in [-0.25, -0.2) is 9.97 Å². The van der Waals surface area contributed by atoms with Gasteiger partial charge in [-0.05, 0) is 13.8 Å². The molecule has 1 rings (SSSR count). The molecule has 0 aliphatic carbocycles. The Balaban J connectivity index is 2.77. The fourth-order valence-corrected chi connectivity index (χ4v) is 1.39. The lowest BCUT2D eigenvalue weighted by atomic mass is 10.2. The number of aliphatic carboxylic acids is 1. The van der Waals surface area contributed by atoms with Gasteiger partial charge in [0.25, 0.3) is 5.91 Å². The van der Waals surface area contributed by atoms with Crippen molar-refractivity contribution < 1.29 is 14.7 Å². The first-order valence-electron chi connectivity index (χ1n) is 5.30. The summed E-state index contributed by atoms with van der Waals surface area (Å²) in [6.07, 6.45) is 4.11. The Morgan fingerprint density at radius 1 is 1.35 bits per heavy atom. The van der Waals surface area contributed by atoms with Crippen LogP contribution >= 0.6 is 0 Å². The number of aromatic nitrogens is 2. The van der Waals surface area contributed by atoms with E-state index in [2.05, 4.69) is 9.97 Å². The van der Waals surface area contributed by atoms with E-state index < -0.39 is 5.97 Å². The molecule has 1 N–H and O–H groups in total. The topological polar surface area (TPSA) is 83.4 Å². The molecule has 0 fully saturated rings. The van der Waals surface area contributed by atoms with E-state index in [4.69, 9.17) is 5.11 Å². The Morgan fingerprint density at radius 3 is 2.41 bits per heavy atom. The molecule has 1 amide bonds. The maximum atomic E-state index is 12.1. The molecule has 0 aliphatic rings. The minimum Gasteiger partial charge on any atom is -0.481 e. The first-order valence-corrected chi connectivity index (χ1v) is 5.30. The molecule has 0 aliphatic heterocycles. The molecule has 1 aromatic rings. The van der Waals surface area contributed by atoms with Crippen LogP contribution in [-0.4, -0.2) is 44.4 Å². The minimum atomic E-state index is -0.923. The standard InChI is InChI=1S/C11H15N3O3/c1-8(2)14(4-3-10(15)16)11(17)9-5-12-7-13-6-9/h5-8H,3-4H2,1-2H3,(H,15,16). The Kier molecular flexibility index (Phi) is 4.56. The summed E-state index contributed by atoms with van der Waals surface area (Å²) in [5.41, 5.74) is 0.367. The van der Waals surface area contributed by atoms with Gasteiger partial charge < -0.3 is 10.0 Å². The summed E-state index contributed by atoms with van der Waals surface area (Å²) in [6, 6.07) is -0.0675. The number of carboxylic acids is 1. The number of carbonyl (C=O) groups excluding carboxylic acids is 1. The first-order chi connectivity index (χ1) is 8.02. The first kappa shape index (κ1) is 13.1. The monoisotopic (exact) mass is 237 g/mol. The lowest BCUT2D eigenvalue weighted by molar-refractivity contribution is -0.137. The van der Waals surface area contributed by atoms with Crippen molar-refractivity contribution in [2.45, 2.75) is 26.3 Å². The number of nitrogens with zero attached hydrogens (tertiary/aromatic N) is 3. The van der Waals surface area contributed by atoms with Gasteiger partial charge in [0.1, 0.15) is 6.33 Å². The van der Waals surface area contributed by atoms with Crippen molar-refractivity contribution in [1.82, 2.24) is 14.9 Å². The number of hydrogen-bond donors (Lipinski definition) is 1. The Labute approximate surface area is 99.3 Å². The Morgan fingerprint density at radius 2 is 1.94 bits per heavy atom. The second kappa shape index (κ2) is 5.93. The number of carbonyl (C=O) groups is 2. The highest BCUT2D eigenvalue weighted by Crippen LogP contribution is 2.07. The van der Waals surface area contributed by atoms with Crippen LogP contribution in [-0.2, 0) is 4.79 Å². The third-order valence-electron chi connectivity index (χ3n) is 2.26. The highest BCUT2D eigenvalue weighted by atomic mass is 16.4. The zero-order chi connectivity index (χ0) is 12.8. The van der Waals surface area contributed by atoms with Crippen molar-refractivity contribution in [3.05, 3.63) is 24.3 Å². The molecule has 0 aromatic carbocycles. The van der Waals surface area contributed by atoms with Crippen molar-refractivity contribution in [1.29, 1.82) is 0 Å². The maximum absolute atomic E-state index is 12.1. The largest absolute Gasteiger partial charge is 0.481 e. The molecule has 1 heterocycles. The third kappa shape index (κ3) is 3.82. The lowest BCUT2D eigenvalue weighted by Crippen LogP contribution is -2.38. The van der Waals surface area contributed by atoms with Crippen LogP contribution in [0.4, 0.5) is 0 Å². The molecule has 0 radical (unpaired) electrons. The van der Waals surface area contributed by atoms with Crippen LogP contribution in [0.25, 0.3) is 0 Å². The average Bonchev–Trinajstić information content (AvgIpc) is 2.29. The van der Waals surface area contributed by atoms with E-state index in [1.165, 1.54) is 23.6 Å². The van der Waals surface area contributed by atoms with Gasteiger partial charge in [0.15, 0.2) is 0 Å². The summed E-state index contributed by atoms with van der Waals surface area (Å²) in [5, 5.41) is 8.63. The predicted molar refractivity (Wildman–Crippen MR) is 60.5 cm³/mol. The number of amides is 1. The van der Waals surface area contributed by atoms with Crippen LogP contribution in [0.1, 0.15) is 30.6 Å². The number of carboxylic acid groups (broad SMARTS) is 1. The van der Waals surface area contributed by atoms with Crippen LogP contribution < -0.4 is 0 Å². The van der Waals surface area contributed by atoms with Crippen LogP contribution in [0.3, 0.4) is 0 Å². The molecule has 0 spiro atoms. The summed E-state index contributed by atoms with van der Waals surface area (Å²) >= 11 is 0. The van der Waals surface area contributed by atoms with E-state index in [0.717, 1.165) is 0 Å². The minimum absolute atomic E-state index is 0.0675. The van der Waals surface area contributed by atoms with Crippen molar-refractivity contribution in [2.24, 2.45) is 0 Å². The molecular formula is C11H15N3O3. The number of rotatable bonds is 5. The molecule has 6 nitrogen and oxygen atoms in total. The van der Waals surface area contributed by atoms with Gasteiger partial charge in [-0.3, -0.25) is 9.59 Å². The highest BCUT2D eigenvalue weighted by Gasteiger charge is 2.19. The molecule has 92 valence electrons. The van der Waals surface area contributed by atoms with E-state index in [1.807, 2.05) is 13.8 Å². The van der Waals surface area contributed by atoms with Gasteiger partial charge in [-0.1, -0.05) is 0 Å². The van der Waals surface area contributed by atoms with Crippen molar-refractivity contribution in [3.63, 3.8) is 0 Å². The normalized spacial score (nSPS) is 10.3. The Hall–Kier alpha value is -1.98. The SMILES string of the molecule is CC(C)N(CCC(=O)O)C(=O)c1cncnc1. The van der Waals surface area contributed by atoms with Gasteiger partial charge in [0, 0.05) is 25.0 Å². The van der Waals surface area contributed by atoms with Crippen molar-refractivity contribution in [3.8, 4) is 0 Å². The predicted octanol–water partition coefficient (Wildman–Crippen LogP) is 0.802. The molecule has 6 heteroatoms. The average molecular weight is 237 g/mol. The Bertz CT molecular complexity index is 392. The second-order valence-electron chi connectivity index (χ2n) is 3.86. The lowest BCUT2D eigenvalue weighted by Gasteiger charge is -2.25. The number of hydrogen-bond acceptors (Lipinski definition) is 4. The molecular weight excluding hydrogens is 222 g/mol. The highest BCUT2D eigenvalue weighted by molar-refractivity contribution is 5.93. The van der Waals surface area contributed by atoms with Crippen molar-refractivity contribution in [2.75, 3.05) is 6.54 Å². The molecule has 0 saturated heterocycles. The summed E-state index contributed by atoms with van der Waals surface area (Å²) < 4.78 is 0. The maximum Gasteiger partial charge on any atom is 0.305 e. The van der Waals surface area contributed by atoms with Crippen LogP contribution in [0.15, 0.2) is 18.7 Å². The smallest absolute Gasteiger partial charge is 0.305 e. The van der Waals surface area contributed by atoms with Gasteiger partial charge in [0.05, 0.1) is 12.0 Å². The third-order valence-corrected chi connectivity index (χ3v) is 2.26. The molecule has 0 bridgehead atoms. The summed E-state index contributed by atoms with van der Waals surface area (Å²) in [7, 11) is 0. The van der Waals surface area contributed by atoms with Crippen LogP contribution in [0.2, 0.25) is 0 Å². The van der Waals surface area contributed by atoms with Crippen LogP contribution in [0.5, 0.6) is 0 Å². The van der Waals surface area contributed by atoms with E-state index >= 15 is 0 Å². The van der Waals surface area contributed by atoms with Crippen LogP contribution in [0, 0.1) is 0 Å². The summed E-state index contributed by atoms with van der Waals surface area (Å²) in [4.78, 5) is 31.6. The second-order valence-corrected chi connectivity index (χ2v) is 3.86. The molecule has 17 heavy (non-hydrogen) atoms. The van der Waals surface area contributed by atoms with Gasteiger partial charge >= 0.3 is 5.97 Å². The summed E-state index contributed by atoms with van der Waals surface area (Å²) in [5.74, 6) is -1.17. The van der Waals surface area contributed by atoms with E-state index in [0.29, 0.717) is 5.56 Å². The fraction of sp³-hybridized carbons (Fsp3) is 0.455. The van der Waals surface area contributed by atoms with Gasteiger partial charge in [-0.15, -0.1) is 0 Å².